The van der Waals surface area contributed by atoms with Crippen LogP contribution in [0, 0.1) is 13.8 Å². The molecule has 2 rings (SSSR count). The van der Waals surface area contributed by atoms with E-state index in [0.717, 1.165) is 21.3 Å². The number of ether oxygens (including phenoxy) is 1. The lowest BCUT2D eigenvalue weighted by Crippen LogP contribution is -2.28. The lowest BCUT2D eigenvalue weighted by atomic mass is 10.1. The van der Waals surface area contributed by atoms with Crippen molar-refractivity contribution in [3.8, 4) is 5.75 Å². The number of hydrogen-bond donors (Lipinski definition) is 2. The summed E-state index contributed by atoms with van der Waals surface area (Å²) in [6.07, 6.45) is 1.39. The van der Waals surface area contributed by atoms with E-state index in [-0.39, 0.29) is 11.5 Å². The molecule has 2 N–H and O–H groups in total. The molecule has 22 heavy (non-hydrogen) atoms. The van der Waals surface area contributed by atoms with Gasteiger partial charge < -0.3 is 15.0 Å². The third-order valence-corrected chi connectivity index (χ3v) is 3.56. The number of pyridine rings is 1. The maximum atomic E-state index is 11.9. The van der Waals surface area contributed by atoms with Gasteiger partial charge in [-0.05, 0) is 43.2 Å². The van der Waals surface area contributed by atoms with Crippen LogP contribution in [-0.2, 0) is 0 Å². The first kappa shape index (κ1) is 16.3. The predicted molar refractivity (Wildman–Crippen MR) is 88.5 cm³/mol. The third kappa shape index (κ3) is 4.21. The van der Waals surface area contributed by atoms with Gasteiger partial charge in [-0.2, -0.15) is 0 Å². The molecular formula is C16H17BrN2O3. The Morgan fingerprint density at radius 1 is 1.27 bits per heavy atom. The number of aromatic amines is 1. The van der Waals surface area contributed by atoms with Crippen molar-refractivity contribution in [2.45, 2.75) is 13.8 Å². The fourth-order valence-electron chi connectivity index (χ4n) is 2.10. The zero-order valence-corrected chi connectivity index (χ0v) is 14.0. The van der Waals surface area contributed by atoms with E-state index >= 15 is 0 Å². The summed E-state index contributed by atoms with van der Waals surface area (Å²) < 4.78 is 6.75. The molecule has 1 amide bonds. The van der Waals surface area contributed by atoms with Gasteiger partial charge in [0.2, 0.25) is 5.56 Å². The number of hydrogen-bond acceptors (Lipinski definition) is 3. The van der Waals surface area contributed by atoms with Crippen molar-refractivity contribution in [3.63, 3.8) is 0 Å². The topological polar surface area (TPSA) is 71.2 Å². The molecule has 0 spiro atoms. The number of aromatic nitrogens is 1. The number of carbonyl (C=O) groups is 1. The smallest absolute Gasteiger partial charge is 0.252 e. The van der Waals surface area contributed by atoms with Gasteiger partial charge in [0.15, 0.2) is 0 Å². The Bertz CT molecular complexity index is 697. The maximum Gasteiger partial charge on any atom is 0.252 e. The fourth-order valence-corrected chi connectivity index (χ4v) is 2.78. The molecule has 0 unspecified atom stereocenters. The van der Waals surface area contributed by atoms with Crippen LogP contribution in [0.2, 0.25) is 0 Å². The monoisotopic (exact) mass is 364 g/mol. The van der Waals surface area contributed by atoms with Gasteiger partial charge in [-0.15, -0.1) is 0 Å². The average Bonchev–Trinajstić information content (AvgIpc) is 2.46. The summed E-state index contributed by atoms with van der Waals surface area (Å²) in [7, 11) is 0. The molecule has 1 aromatic carbocycles. The maximum absolute atomic E-state index is 11.9. The van der Waals surface area contributed by atoms with E-state index in [4.69, 9.17) is 4.74 Å². The second-order valence-corrected chi connectivity index (χ2v) is 5.83. The highest BCUT2D eigenvalue weighted by Gasteiger charge is 2.07. The molecule has 0 saturated heterocycles. The van der Waals surface area contributed by atoms with Crippen molar-refractivity contribution in [2.24, 2.45) is 0 Å². The Morgan fingerprint density at radius 2 is 1.95 bits per heavy atom. The van der Waals surface area contributed by atoms with Gasteiger partial charge >= 0.3 is 0 Å². The number of carbonyl (C=O) groups excluding carboxylic acids is 1. The molecule has 0 aliphatic heterocycles. The summed E-state index contributed by atoms with van der Waals surface area (Å²) in [5, 5.41) is 2.74. The van der Waals surface area contributed by atoms with Crippen LogP contribution in [0.4, 0.5) is 0 Å². The lowest BCUT2D eigenvalue weighted by molar-refractivity contribution is 0.0946. The summed E-state index contributed by atoms with van der Waals surface area (Å²) in [6, 6.07) is 6.78. The summed E-state index contributed by atoms with van der Waals surface area (Å²) in [5.74, 6) is 0.589. The number of benzene rings is 1. The van der Waals surface area contributed by atoms with Gasteiger partial charge in [0, 0.05) is 16.7 Å². The van der Waals surface area contributed by atoms with Crippen LogP contribution in [0.5, 0.6) is 5.75 Å². The standard InChI is InChI=1S/C16H17BrN2O3/c1-10-7-13(17)8-11(2)15(10)22-6-5-18-16(21)12-3-4-14(20)19-9-12/h3-4,7-9H,5-6H2,1-2H3,(H,18,21)(H,19,20). The minimum Gasteiger partial charge on any atom is -0.491 e. The van der Waals surface area contributed by atoms with Crippen LogP contribution in [0.15, 0.2) is 39.7 Å². The largest absolute Gasteiger partial charge is 0.491 e. The first-order chi connectivity index (χ1) is 10.5. The Hall–Kier alpha value is -2.08. The van der Waals surface area contributed by atoms with Crippen molar-refractivity contribution < 1.29 is 9.53 Å². The minimum atomic E-state index is -0.246. The highest BCUT2D eigenvalue weighted by molar-refractivity contribution is 9.10. The summed E-state index contributed by atoms with van der Waals surface area (Å²) in [5.41, 5.74) is 2.26. The van der Waals surface area contributed by atoms with Crippen LogP contribution in [0.1, 0.15) is 21.5 Å². The van der Waals surface area contributed by atoms with Crippen LogP contribution in [0.25, 0.3) is 0 Å². The van der Waals surface area contributed by atoms with Crippen LogP contribution < -0.4 is 15.6 Å². The second-order valence-electron chi connectivity index (χ2n) is 4.91. The molecule has 2 aromatic rings. The number of aryl methyl sites for hydroxylation is 2. The normalized spacial score (nSPS) is 10.3. The molecule has 0 aliphatic carbocycles. The first-order valence-electron chi connectivity index (χ1n) is 6.84. The fraction of sp³-hybridized carbons (Fsp3) is 0.250. The van der Waals surface area contributed by atoms with E-state index in [1.807, 2.05) is 26.0 Å². The van der Waals surface area contributed by atoms with Crippen molar-refractivity contribution >= 4 is 21.8 Å². The van der Waals surface area contributed by atoms with Gasteiger partial charge in [0.05, 0.1) is 12.1 Å². The minimum absolute atomic E-state index is 0.235. The molecule has 5 nitrogen and oxygen atoms in total. The third-order valence-electron chi connectivity index (χ3n) is 3.11. The Morgan fingerprint density at radius 3 is 2.55 bits per heavy atom. The Labute approximate surface area is 136 Å². The highest BCUT2D eigenvalue weighted by atomic mass is 79.9. The van der Waals surface area contributed by atoms with Crippen molar-refractivity contribution in [1.82, 2.24) is 10.3 Å². The van der Waals surface area contributed by atoms with Gasteiger partial charge in [-0.3, -0.25) is 9.59 Å². The molecule has 0 aliphatic rings. The first-order valence-corrected chi connectivity index (χ1v) is 7.63. The summed E-state index contributed by atoms with van der Waals surface area (Å²) in [6.45, 7) is 4.71. The van der Waals surface area contributed by atoms with E-state index in [1.165, 1.54) is 18.3 Å². The van der Waals surface area contributed by atoms with E-state index in [9.17, 15) is 9.59 Å². The quantitative estimate of drug-likeness (QED) is 0.800. The molecule has 1 aromatic heterocycles. The average molecular weight is 365 g/mol. The molecule has 0 atom stereocenters. The van der Waals surface area contributed by atoms with E-state index in [2.05, 4.69) is 26.2 Å². The Balaban J connectivity index is 1.86. The number of halogens is 1. The van der Waals surface area contributed by atoms with Gasteiger partial charge in [-0.25, -0.2) is 0 Å². The zero-order valence-electron chi connectivity index (χ0n) is 12.4. The van der Waals surface area contributed by atoms with Gasteiger partial charge in [-0.1, -0.05) is 15.9 Å². The molecule has 0 saturated carbocycles. The number of amides is 1. The second kappa shape index (κ2) is 7.26. The van der Waals surface area contributed by atoms with Crippen molar-refractivity contribution in [1.29, 1.82) is 0 Å². The lowest BCUT2D eigenvalue weighted by Gasteiger charge is -2.13. The summed E-state index contributed by atoms with van der Waals surface area (Å²) >= 11 is 3.44. The highest BCUT2D eigenvalue weighted by Crippen LogP contribution is 2.27. The molecule has 0 fully saturated rings. The van der Waals surface area contributed by atoms with Gasteiger partial charge in [0.25, 0.3) is 5.91 Å². The molecular weight excluding hydrogens is 348 g/mol. The van der Waals surface area contributed by atoms with Crippen LogP contribution in [0.3, 0.4) is 0 Å². The molecule has 0 radical (unpaired) electrons. The molecule has 6 heteroatoms. The van der Waals surface area contributed by atoms with Crippen molar-refractivity contribution in [3.05, 3.63) is 62.0 Å². The number of H-pyrrole nitrogens is 1. The summed E-state index contributed by atoms with van der Waals surface area (Å²) in [4.78, 5) is 25.3. The van der Waals surface area contributed by atoms with Gasteiger partial charge in [0.1, 0.15) is 12.4 Å². The van der Waals surface area contributed by atoms with Crippen molar-refractivity contribution in [2.75, 3.05) is 13.2 Å². The molecule has 0 bridgehead atoms. The predicted octanol–water partition coefficient (Wildman–Crippen LogP) is 2.56. The van der Waals surface area contributed by atoms with E-state index in [1.54, 1.807) is 0 Å². The number of rotatable bonds is 5. The van der Waals surface area contributed by atoms with Crippen LogP contribution in [-0.4, -0.2) is 24.0 Å². The van der Waals surface area contributed by atoms with E-state index in [0.29, 0.717) is 18.7 Å². The zero-order chi connectivity index (χ0) is 16.1. The SMILES string of the molecule is Cc1cc(Br)cc(C)c1OCCNC(=O)c1ccc(=O)[nH]c1. The Kier molecular flexibility index (Phi) is 5.38. The number of nitrogens with one attached hydrogen (secondary N) is 2. The van der Waals surface area contributed by atoms with E-state index < -0.39 is 0 Å². The van der Waals surface area contributed by atoms with Crippen LogP contribution >= 0.6 is 15.9 Å². The molecule has 1 heterocycles. The molecule has 116 valence electrons.